The molecule has 0 spiro atoms. The summed E-state index contributed by atoms with van der Waals surface area (Å²) in [5, 5.41) is 0. The van der Waals surface area contributed by atoms with Crippen LogP contribution in [0.3, 0.4) is 0 Å². The van der Waals surface area contributed by atoms with Gasteiger partial charge in [-0.05, 0) is 45.2 Å². The lowest BCUT2D eigenvalue weighted by Gasteiger charge is -2.44. The lowest BCUT2D eigenvalue weighted by Crippen LogP contribution is -2.52. The summed E-state index contributed by atoms with van der Waals surface area (Å²) in [4.78, 5) is 5.50. The van der Waals surface area contributed by atoms with Gasteiger partial charge in [-0.2, -0.15) is 0 Å². The van der Waals surface area contributed by atoms with Crippen molar-refractivity contribution in [3.63, 3.8) is 0 Å². The van der Waals surface area contributed by atoms with Crippen LogP contribution in [0.4, 0.5) is 0 Å². The Morgan fingerprint density at radius 2 is 2.12 bits per heavy atom. The normalized spacial score (nSPS) is 32.6. The lowest BCUT2D eigenvalue weighted by atomic mass is 9.86. The zero-order valence-electron chi connectivity index (χ0n) is 11.3. The molecule has 1 aromatic rings. The van der Waals surface area contributed by atoms with E-state index in [9.17, 15) is 0 Å². The fourth-order valence-electron chi connectivity index (χ4n) is 2.81. The van der Waals surface area contributed by atoms with Gasteiger partial charge in [0.05, 0.1) is 0 Å². The monoisotopic (exact) mass is 252 g/mol. The highest BCUT2D eigenvalue weighted by atomic mass is 32.1. The first-order chi connectivity index (χ1) is 8.00. The van der Waals surface area contributed by atoms with E-state index in [0.717, 1.165) is 13.0 Å². The van der Waals surface area contributed by atoms with Crippen molar-refractivity contribution in [1.82, 2.24) is 4.90 Å². The molecule has 17 heavy (non-hydrogen) atoms. The SMILES string of the molecule is Cc1ccc(C(C)N2CCC(N)C(C)C2C)s1. The van der Waals surface area contributed by atoms with Crippen LogP contribution >= 0.6 is 11.3 Å². The summed E-state index contributed by atoms with van der Waals surface area (Å²) < 4.78 is 0. The Hall–Kier alpha value is -0.380. The van der Waals surface area contributed by atoms with E-state index in [2.05, 4.69) is 44.7 Å². The zero-order valence-corrected chi connectivity index (χ0v) is 12.1. The molecule has 4 atom stereocenters. The van der Waals surface area contributed by atoms with Crippen LogP contribution in [0.25, 0.3) is 0 Å². The van der Waals surface area contributed by atoms with Crippen LogP contribution in [0.2, 0.25) is 0 Å². The Balaban J connectivity index is 2.12. The Kier molecular flexibility index (Phi) is 3.91. The molecule has 2 rings (SSSR count). The minimum absolute atomic E-state index is 0.374. The van der Waals surface area contributed by atoms with E-state index in [0.29, 0.717) is 24.0 Å². The molecule has 0 radical (unpaired) electrons. The molecule has 2 heterocycles. The van der Waals surface area contributed by atoms with Gasteiger partial charge in [0.25, 0.3) is 0 Å². The number of aryl methyl sites for hydroxylation is 1. The van der Waals surface area contributed by atoms with Crippen LogP contribution in [0, 0.1) is 12.8 Å². The molecule has 3 heteroatoms. The Morgan fingerprint density at radius 1 is 1.41 bits per heavy atom. The summed E-state index contributed by atoms with van der Waals surface area (Å²) in [7, 11) is 0. The van der Waals surface area contributed by atoms with Crippen molar-refractivity contribution in [3.8, 4) is 0 Å². The fraction of sp³-hybridized carbons (Fsp3) is 0.714. The highest BCUT2D eigenvalue weighted by Crippen LogP contribution is 2.33. The molecule has 1 aromatic heterocycles. The minimum atomic E-state index is 0.374. The molecule has 96 valence electrons. The van der Waals surface area contributed by atoms with Crippen molar-refractivity contribution < 1.29 is 0 Å². The van der Waals surface area contributed by atoms with Crippen LogP contribution in [-0.4, -0.2) is 23.5 Å². The third-order valence-electron chi connectivity index (χ3n) is 4.35. The van der Waals surface area contributed by atoms with Crippen LogP contribution < -0.4 is 5.73 Å². The third-order valence-corrected chi connectivity index (χ3v) is 5.52. The number of nitrogens with two attached hydrogens (primary N) is 1. The number of thiophene rings is 1. The molecule has 2 N–H and O–H groups in total. The first kappa shape index (κ1) is 13.1. The van der Waals surface area contributed by atoms with E-state index in [1.807, 2.05) is 11.3 Å². The second kappa shape index (κ2) is 5.09. The number of likely N-dealkylation sites (tertiary alicyclic amines) is 1. The number of hydrogen-bond donors (Lipinski definition) is 1. The third kappa shape index (κ3) is 2.56. The first-order valence-electron chi connectivity index (χ1n) is 6.58. The van der Waals surface area contributed by atoms with Gasteiger partial charge in [-0.25, -0.2) is 0 Å². The fourth-order valence-corrected chi connectivity index (χ4v) is 3.76. The van der Waals surface area contributed by atoms with Gasteiger partial charge in [0.15, 0.2) is 0 Å². The van der Waals surface area contributed by atoms with Crippen molar-refractivity contribution in [3.05, 3.63) is 21.9 Å². The van der Waals surface area contributed by atoms with Gasteiger partial charge in [-0.15, -0.1) is 11.3 Å². The second-order valence-electron chi connectivity index (χ2n) is 5.41. The van der Waals surface area contributed by atoms with E-state index in [1.165, 1.54) is 9.75 Å². The van der Waals surface area contributed by atoms with Gasteiger partial charge >= 0.3 is 0 Å². The Morgan fingerprint density at radius 3 is 2.71 bits per heavy atom. The van der Waals surface area contributed by atoms with Gasteiger partial charge in [0.1, 0.15) is 0 Å². The molecule has 0 saturated carbocycles. The maximum atomic E-state index is 6.15. The maximum absolute atomic E-state index is 6.15. The van der Waals surface area contributed by atoms with Crippen LogP contribution in [0.1, 0.15) is 43.0 Å². The molecular weight excluding hydrogens is 228 g/mol. The van der Waals surface area contributed by atoms with Crippen molar-refractivity contribution in [2.24, 2.45) is 11.7 Å². The molecule has 2 nitrogen and oxygen atoms in total. The summed E-state index contributed by atoms with van der Waals surface area (Å²) in [5.74, 6) is 0.590. The van der Waals surface area contributed by atoms with Crippen LogP contribution in [0.5, 0.6) is 0 Å². The molecular formula is C14H24N2S. The van der Waals surface area contributed by atoms with Gasteiger partial charge in [-0.3, -0.25) is 4.90 Å². The average Bonchev–Trinajstić information content (AvgIpc) is 2.72. The van der Waals surface area contributed by atoms with Crippen LogP contribution in [0.15, 0.2) is 12.1 Å². The van der Waals surface area contributed by atoms with E-state index >= 15 is 0 Å². The minimum Gasteiger partial charge on any atom is -0.327 e. The molecule has 1 saturated heterocycles. The number of hydrogen-bond acceptors (Lipinski definition) is 3. The molecule has 1 aliphatic rings. The molecule has 0 aliphatic carbocycles. The van der Waals surface area contributed by atoms with Crippen molar-refractivity contribution in [2.45, 2.75) is 52.2 Å². The van der Waals surface area contributed by atoms with Crippen molar-refractivity contribution in [1.29, 1.82) is 0 Å². The number of piperidine rings is 1. The van der Waals surface area contributed by atoms with Crippen molar-refractivity contribution in [2.75, 3.05) is 6.54 Å². The standard InChI is InChI=1S/C14H24N2S/c1-9-5-6-14(17-9)12(4)16-8-7-13(15)10(2)11(16)3/h5-6,10-13H,7-8,15H2,1-4H3. The Labute approximate surface area is 109 Å². The topological polar surface area (TPSA) is 29.3 Å². The summed E-state index contributed by atoms with van der Waals surface area (Å²) in [6, 6.07) is 5.98. The predicted octanol–water partition coefficient (Wildman–Crippen LogP) is 3.18. The van der Waals surface area contributed by atoms with E-state index in [4.69, 9.17) is 5.73 Å². The maximum Gasteiger partial charge on any atom is 0.0416 e. The summed E-state index contributed by atoms with van der Waals surface area (Å²) in [6.07, 6.45) is 1.13. The van der Waals surface area contributed by atoms with Gasteiger partial charge in [-0.1, -0.05) is 6.92 Å². The Bertz CT molecular complexity index is 374. The molecule has 1 aliphatic heterocycles. The quantitative estimate of drug-likeness (QED) is 0.876. The van der Waals surface area contributed by atoms with E-state index < -0.39 is 0 Å². The molecule has 0 aromatic carbocycles. The largest absolute Gasteiger partial charge is 0.327 e. The highest BCUT2D eigenvalue weighted by Gasteiger charge is 2.33. The number of nitrogens with zero attached hydrogens (tertiary/aromatic N) is 1. The van der Waals surface area contributed by atoms with Crippen LogP contribution in [-0.2, 0) is 0 Å². The average molecular weight is 252 g/mol. The lowest BCUT2D eigenvalue weighted by molar-refractivity contribution is 0.0640. The van der Waals surface area contributed by atoms with Gasteiger partial charge in [0, 0.05) is 34.4 Å². The first-order valence-corrected chi connectivity index (χ1v) is 7.40. The number of rotatable bonds is 2. The van der Waals surface area contributed by atoms with Gasteiger partial charge < -0.3 is 5.73 Å². The highest BCUT2D eigenvalue weighted by molar-refractivity contribution is 7.12. The predicted molar refractivity (Wildman–Crippen MR) is 75.4 cm³/mol. The molecule has 1 fully saturated rings. The molecule has 0 amide bonds. The zero-order chi connectivity index (χ0) is 12.6. The van der Waals surface area contributed by atoms with E-state index in [1.54, 1.807) is 0 Å². The summed E-state index contributed by atoms with van der Waals surface area (Å²) in [6.45, 7) is 10.2. The smallest absolute Gasteiger partial charge is 0.0416 e. The molecule has 0 bridgehead atoms. The van der Waals surface area contributed by atoms with Crippen molar-refractivity contribution >= 4 is 11.3 Å². The summed E-state index contributed by atoms with van der Waals surface area (Å²) in [5.41, 5.74) is 6.15. The van der Waals surface area contributed by atoms with Gasteiger partial charge in [0.2, 0.25) is 0 Å². The second-order valence-corrected chi connectivity index (χ2v) is 6.73. The molecule has 4 unspecified atom stereocenters. The summed E-state index contributed by atoms with van der Waals surface area (Å²) >= 11 is 1.92. The van der Waals surface area contributed by atoms with E-state index in [-0.39, 0.29) is 0 Å².